The van der Waals surface area contributed by atoms with E-state index >= 15 is 0 Å². The van der Waals surface area contributed by atoms with Gasteiger partial charge >= 0.3 is 6.18 Å². The molecule has 1 aromatic carbocycles. The second-order valence-corrected chi connectivity index (χ2v) is 5.29. The first-order chi connectivity index (χ1) is 10.3. The van der Waals surface area contributed by atoms with Gasteiger partial charge in [0, 0.05) is 32.1 Å². The molecule has 0 spiro atoms. The number of benzene rings is 1. The Kier molecular flexibility index (Phi) is 5.60. The largest absolute Gasteiger partial charge is 0.481 e. The Balaban J connectivity index is 1.81. The first-order valence-corrected chi connectivity index (χ1v) is 6.92. The summed E-state index contributed by atoms with van der Waals surface area (Å²) in [6.07, 6.45) is -4.90. The van der Waals surface area contributed by atoms with Gasteiger partial charge in [0.15, 0.2) is 18.2 Å². The van der Waals surface area contributed by atoms with Crippen molar-refractivity contribution in [3.63, 3.8) is 0 Å². The maximum Gasteiger partial charge on any atom is 0.422 e. The summed E-state index contributed by atoms with van der Waals surface area (Å²) in [5, 5.41) is 15.8. The molecule has 1 aliphatic heterocycles. The van der Waals surface area contributed by atoms with E-state index in [0.29, 0.717) is 31.7 Å². The minimum Gasteiger partial charge on any atom is -0.481 e. The number of aliphatic hydroxyl groups excluding tert-OH is 1. The number of β-amino-alcohol motifs (C(OH)–C–C–N with tert-alkyl or cyclic N) is 1. The molecule has 1 saturated heterocycles. The normalized spacial score (nSPS) is 22.0. The Morgan fingerprint density at radius 1 is 1.32 bits per heavy atom. The highest BCUT2D eigenvalue weighted by Gasteiger charge is 2.29. The number of hydrogen-bond acceptors (Lipinski definition) is 4. The predicted molar refractivity (Wildman–Crippen MR) is 72.0 cm³/mol. The van der Waals surface area contributed by atoms with E-state index in [1.807, 2.05) is 0 Å². The zero-order chi connectivity index (χ0) is 16.2. The Hall–Kier alpha value is -1.38. The molecule has 0 bridgehead atoms. The van der Waals surface area contributed by atoms with E-state index in [4.69, 9.17) is 0 Å². The van der Waals surface area contributed by atoms with Gasteiger partial charge in [-0.05, 0) is 17.7 Å². The molecule has 0 amide bonds. The molecule has 1 aromatic rings. The van der Waals surface area contributed by atoms with Crippen molar-refractivity contribution in [3.05, 3.63) is 29.6 Å². The molecule has 2 unspecified atom stereocenters. The van der Waals surface area contributed by atoms with Gasteiger partial charge in [0.05, 0.1) is 6.10 Å². The minimum atomic E-state index is -4.50. The number of aliphatic hydroxyl groups is 1. The van der Waals surface area contributed by atoms with Gasteiger partial charge in [-0.25, -0.2) is 4.39 Å². The molecule has 4 nitrogen and oxygen atoms in total. The summed E-state index contributed by atoms with van der Waals surface area (Å²) in [6.45, 7) is 0.689. The molecule has 3 N–H and O–H groups in total. The van der Waals surface area contributed by atoms with Gasteiger partial charge in [-0.15, -0.1) is 0 Å². The van der Waals surface area contributed by atoms with Gasteiger partial charge in [-0.1, -0.05) is 6.07 Å². The number of alkyl halides is 3. The second-order valence-electron chi connectivity index (χ2n) is 5.29. The van der Waals surface area contributed by atoms with Crippen LogP contribution >= 0.6 is 0 Å². The summed E-state index contributed by atoms with van der Waals surface area (Å²) in [5.41, 5.74) is 0.595. The lowest BCUT2D eigenvalue weighted by Crippen LogP contribution is -2.30. The van der Waals surface area contributed by atoms with Crippen LogP contribution < -0.4 is 15.4 Å². The zero-order valence-corrected chi connectivity index (χ0v) is 11.8. The van der Waals surface area contributed by atoms with Crippen molar-refractivity contribution < 1.29 is 27.4 Å². The second kappa shape index (κ2) is 7.26. The van der Waals surface area contributed by atoms with Crippen molar-refractivity contribution in [2.75, 3.05) is 26.2 Å². The van der Waals surface area contributed by atoms with Crippen LogP contribution in [0.4, 0.5) is 17.6 Å². The number of nitrogens with one attached hydrogen (secondary N) is 2. The van der Waals surface area contributed by atoms with Crippen molar-refractivity contribution in [1.82, 2.24) is 10.6 Å². The van der Waals surface area contributed by atoms with E-state index in [1.165, 1.54) is 12.1 Å². The van der Waals surface area contributed by atoms with E-state index in [2.05, 4.69) is 15.4 Å². The van der Waals surface area contributed by atoms with Gasteiger partial charge < -0.3 is 20.5 Å². The molecule has 0 radical (unpaired) electrons. The standard InChI is InChI=1S/C14H18F4N2O2/c15-11-3-9(1-2-13(11)22-8-14(16,17)18)4-19-5-10-6-20-7-12(10)21/h1-3,10,12,19-21H,4-8H2. The molecular weight excluding hydrogens is 304 g/mol. The zero-order valence-electron chi connectivity index (χ0n) is 11.8. The Bertz CT molecular complexity index is 496. The summed E-state index contributed by atoms with van der Waals surface area (Å²) in [7, 11) is 0. The van der Waals surface area contributed by atoms with Gasteiger partial charge in [0.25, 0.3) is 0 Å². The van der Waals surface area contributed by atoms with Crippen molar-refractivity contribution in [1.29, 1.82) is 0 Å². The quantitative estimate of drug-likeness (QED) is 0.694. The Morgan fingerprint density at radius 3 is 2.68 bits per heavy atom. The van der Waals surface area contributed by atoms with E-state index in [9.17, 15) is 22.7 Å². The molecule has 1 aliphatic rings. The van der Waals surface area contributed by atoms with Crippen LogP contribution in [-0.4, -0.2) is 43.6 Å². The van der Waals surface area contributed by atoms with Crippen molar-refractivity contribution >= 4 is 0 Å². The SMILES string of the molecule is OC1CNCC1CNCc1ccc(OCC(F)(F)F)c(F)c1. The van der Waals surface area contributed by atoms with Crippen LogP contribution in [0, 0.1) is 11.7 Å². The highest BCUT2D eigenvalue weighted by molar-refractivity contribution is 5.29. The van der Waals surface area contributed by atoms with E-state index in [1.54, 1.807) is 0 Å². The van der Waals surface area contributed by atoms with Gasteiger partial charge in [0.1, 0.15) is 0 Å². The molecule has 0 aromatic heterocycles. The monoisotopic (exact) mass is 322 g/mol. The van der Waals surface area contributed by atoms with Crippen molar-refractivity contribution in [2.24, 2.45) is 5.92 Å². The molecule has 1 fully saturated rings. The Labute approximate surface area is 125 Å². The van der Waals surface area contributed by atoms with Crippen LogP contribution in [0.25, 0.3) is 0 Å². The minimum absolute atomic E-state index is 0.0965. The van der Waals surface area contributed by atoms with Crippen LogP contribution in [0.5, 0.6) is 5.75 Å². The maximum atomic E-state index is 13.6. The molecule has 8 heteroatoms. The third kappa shape index (κ3) is 5.11. The lowest BCUT2D eigenvalue weighted by atomic mass is 10.1. The lowest BCUT2D eigenvalue weighted by molar-refractivity contribution is -0.153. The molecule has 0 aliphatic carbocycles. The highest BCUT2D eigenvalue weighted by Crippen LogP contribution is 2.22. The summed E-state index contributed by atoms with van der Waals surface area (Å²) in [6, 6.07) is 3.83. The summed E-state index contributed by atoms with van der Waals surface area (Å²) in [4.78, 5) is 0. The average molecular weight is 322 g/mol. The Morgan fingerprint density at radius 2 is 2.09 bits per heavy atom. The predicted octanol–water partition coefficient (Wildman–Crippen LogP) is 1.44. The summed E-state index contributed by atoms with van der Waals surface area (Å²) < 4.78 is 54.1. The first kappa shape index (κ1) is 17.0. The fourth-order valence-electron chi connectivity index (χ4n) is 2.26. The van der Waals surface area contributed by atoms with Crippen molar-refractivity contribution in [3.8, 4) is 5.75 Å². The number of halogens is 4. The molecule has 124 valence electrons. The van der Waals surface area contributed by atoms with Gasteiger partial charge in [-0.3, -0.25) is 0 Å². The molecule has 22 heavy (non-hydrogen) atoms. The maximum absolute atomic E-state index is 13.6. The van der Waals surface area contributed by atoms with Crippen LogP contribution in [0.1, 0.15) is 5.56 Å². The number of hydrogen-bond donors (Lipinski definition) is 3. The average Bonchev–Trinajstić information content (AvgIpc) is 2.82. The number of rotatable bonds is 6. The summed E-state index contributed by atoms with van der Waals surface area (Å²) in [5.74, 6) is -1.15. The third-order valence-electron chi connectivity index (χ3n) is 3.43. The lowest BCUT2D eigenvalue weighted by Gasteiger charge is -2.14. The van der Waals surface area contributed by atoms with Gasteiger partial charge in [-0.2, -0.15) is 13.2 Å². The first-order valence-electron chi connectivity index (χ1n) is 6.92. The number of ether oxygens (including phenoxy) is 1. The molecule has 0 saturated carbocycles. The molecule has 2 rings (SSSR count). The molecule has 2 atom stereocenters. The van der Waals surface area contributed by atoms with E-state index in [-0.39, 0.29) is 5.92 Å². The van der Waals surface area contributed by atoms with Crippen LogP contribution in [0.2, 0.25) is 0 Å². The smallest absolute Gasteiger partial charge is 0.422 e. The summed E-state index contributed by atoms with van der Waals surface area (Å²) >= 11 is 0. The third-order valence-corrected chi connectivity index (χ3v) is 3.43. The molecular formula is C14H18F4N2O2. The van der Waals surface area contributed by atoms with Crippen LogP contribution in [-0.2, 0) is 6.54 Å². The van der Waals surface area contributed by atoms with Crippen LogP contribution in [0.15, 0.2) is 18.2 Å². The van der Waals surface area contributed by atoms with Crippen molar-refractivity contribution in [2.45, 2.75) is 18.8 Å². The van der Waals surface area contributed by atoms with E-state index in [0.717, 1.165) is 6.07 Å². The fraction of sp³-hybridized carbons (Fsp3) is 0.571. The highest BCUT2D eigenvalue weighted by atomic mass is 19.4. The van der Waals surface area contributed by atoms with E-state index < -0.39 is 30.5 Å². The molecule has 1 heterocycles. The fourth-order valence-corrected chi connectivity index (χ4v) is 2.26. The topological polar surface area (TPSA) is 53.5 Å². The van der Waals surface area contributed by atoms with Gasteiger partial charge in [0.2, 0.25) is 0 Å². The van der Waals surface area contributed by atoms with Crippen LogP contribution in [0.3, 0.4) is 0 Å².